The number of hydrogen-bond acceptors (Lipinski definition) is 4. The predicted octanol–water partition coefficient (Wildman–Crippen LogP) is 2.55. The van der Waals surface area contributed by atoms with Crippen molar-refractivity contribution in [3.63, 3.8) is 0 Å². The number of furan rings is 1. The van der Waals surface area contributed by atoms with Crippen LogP contribution in [0.25, 0.3) is 0 Å². The SMILES string of the molecule is CCOC1CC(N)(CN(C)Cc2ccoc2C)C1(C)C. The smallest absolute Gasteiger partial charge is 0.105 e. The van der Waals surface area contributed by atoms with E-state index in [0.29, 0.717) is 0 Å². The maximum Gasteiger partial charge on any atom is 0.105 e. The summed E-state index contributed by atoms with van der Waals surface area (Å²) in [6, 6.07) is 2.03. The normalized spacial score (nSPS) is 28.6. The van der Waals surface area contributed by atoms with Crippen LogP contribution in [0.15, 0.2) is 16.7 Å². The fraction of sp³-hybridized carbons (Fsp3) is 0.750. The third kappa shape index (κ3) is 2.65. The van der Waals surface area contributed by atoms with Crippen LogP contribution in [0.1, 0.15) is 38.5 Å². The number of rotatable bonds is 6. The van der Waals surface area contributed by atoms with Crippen molar-refractivity contribution in [1.82, 2.24) is 4.90 Å². The van der Waals surface area contributed by atoms with Gasteiger partial charge < -0.3 is 19.8 Å². The Labute approximate surface area is 122 Å². The molecule has 1 heterocycles. The van der Waals surface area contributed by atoms with Gasteiger partial charge in [0.1, 0.15) is 5.76 Å². The van der Waals surface area contributed by atoms with E-state index in [1.807, 2.05) is 19.9 Å². The van der Waals surface area contributed by atoms with E-state index in [4.69, 9.17) is 14.9 Å². The highest BCUT2D eigenvalue weighted by molar-refractivity contribution is 5.17. The van der Waals surface area contributed by atoms with Crippen LogP contribution >= 0.6 is 0 Å². The average molecular weight is 280 g/mol. The summed E-state index contributed by atoms with van der Waals surface area (Å²) in [4.78, 5) is 2.28. The van der Waals surface area contributed by atoms with Crippen LogP contribution in [0.3, 0.4) is 0 Å². The zero-order chi connectivity index (χ0) is 15.0. The van der Waals surface area contributed by atoms with Gasteiger partial charge in [-0.1, -0.05) is 13.8 Å². The molecule has 1 aliphatic rings. The van der Waals surface area contributed by atoms with Crippen molar-refractivity contribution in [2.24, 2.45) is 11.1 Å². The third-order valence-electron chi connectivity index (χ3n) is 4.96. The summed E-state index contributed by atoms with van der Waals surface area (Å²) in [7, 11) is 2.12. The lowest BCUT2D eigenvalue weighted by atomic mass is 9.54. The molecule has 0 spiro atoms. The van der Waals surface area contributed by atoms with Crippen LogP contribution in [-0.4, -0.2) is 36.7 Å². The van der Waals surface area contributed by atoms with Crippen molar-refractivity contribution in [1.29, 1.82) is 0 Å². The first kappa shape index (κ1) is 15.5. The fourth-order valence-corrected chi connectivity index (χ4v) is 3.18. The van der Waals surface area contributed by atoms with Crippen molar-refractivity contribution in [2.45, 2.75) is 52.3 Å². The molecular weight excluding hydrogens is 252 g/mol. The quantitative estimate of drug-likeness (QED) is 0.870. The Morgan fingerprint density at radius 3 is 2.70 bits per heavy atom. The lowest BCUT2D eigenvalue weighted by molar-refractivity contribution is -0.155. The van der Waals surface area contributed by atoms with Crippen LogP contribution in [-0.2, 0) is 11.3 Å². The molecule has 1 aliphatic carbocycles. The van der Waals surface area contributed by atoms with Crippen molar-refractivity contribution < 1.29 is 9.15 Å². The number of ether oxygens (including phenoxy) is 1. The molecule has 2 unspecified atom stereocenters. The topological polar surface area (TPSA) is 51.6 Å². The summed E-state index contributed by atoms with van der Waals surface area (Å²) in [5, 5.41) is 0. The molecule has 1 aromatic heterocycles. The van der Waals surface area contributed by atoms with E-state index in [-0.39, 0.29) is 17.1 Å². The number of aryl methyl sites for hydroxylation is 1. The molecule has 2 rings (SSSR count). The van der Waals surface area contributed by atoms with E-state index in [1.54, 1.807) is 6.26 Å². The minimum Gasteiger partial charge on any atom is -0.469 e. The van der Waals surface area contributed by atoms with Gasteiger partial charge in [0.25, 0.3) is 0 Å². The summed E-state index contributed by atoms with van der Waals surface area (Å²) in [5.74, 6) is 0.989. The van der Waals surface area contributed by atoms with Crippen LogP contribution in [0.2, 0.25) is 0 Å². The molecule has 1 fully saturated rings. The molecule has 20 heavy (non-hydrogen) atoms. The first-order chi connectivity index (χ1) is 9.30. The molecule has 0 radical (unpaired) electrons. The maximum atomic E-state index is 6.62. The van der Waals surface area contributed by atoms with Crippen LogP contribution < -0.4 is 5.73 Å². The van der Waals surface area contributed by atoms with E-state index < -0.39 is 0 Å². The predicted molar refractivity (Wildman–Crippen MR) is 80.5 cm³/mol. The van der Waals surface area contributed by atoms with Gasteiger partial charge in [0, 0.05) is 36.2 Å². The maximum absolute atomic E-state index is 6.62. The highest BCUT2D eigenvalue weighted by Gasteiger charge is 2.58. The Morgan fingerprint density at radius 2 is 2.20 bits per heavy atom. The molecule has 0 aliphatic heterocycles. The zero-order valence-corrected chi connectivity index (χ0v) is 13.4. The largest absolute Gasteiger partial charge is 0.469 e. The summed E-state index contributed by atoms with van der Waals surface area (Å²) < 4.78 is 11.1. The molecule has 0 amide bonds. The second-order valence-corrected chi connectivity index (χ2v) is 6.70. The number of nitrogens with zero attached hydrogens (tertiary/aromatic N) is 1. The first-order valence-corrected chi connectivity index (χ1v) is 7.42. The van der Waals surface area contributed by atoms with Crippen molar-refractivity contribution in [3.8, 4) is 0 Å². The van der Waals surface area contributed by atoms with Gasteiger partial charge in [0.05, 0.1) is 12.4 Å². The Bertz CT molecular complexity index is 455. The molecule has 114 valence electrons. The fourth-order valence-electron chi connectivity index (χ4n) is 3.18. The highest BCUT2D eigenvalue weighted by atomic mass is 16.5. The van der Waals surface area contributed by atoms with E-state index >= 15 is 0 Å². The van der Waals surface area contributed by atoms with Gasteiger partial charge in [-0.2, -0.15) is 0 Å². The highest BCUT2D eigenvalue weighted by Crippen LogP contribution is 2.50. The molecule has 1 aromatic rings. The van der Waals surface area contributed by atoms with Gasteiger partial charge >= 0.3 is 0 Å². The van der Waals surface area contributed by atoms with Gasteiger partial charge in [-0.15, -0.1) is 0 Å². The summed E-state index contributed by atoms with van der Waals surface area (Å²) in [5.41, 5.74) is 7.69. The zero-order valence-electron chi connectivity index (χ0n) is 13.4. The van der Waals surface area contributed by atoms with Gasteiger partial charge in [0.2, 0.25) is 0 Å². The van der Waals surface area contributed by atoms with E-state index in [9.17, 15) is 0 Å². The summed E-state index contributed by atoms with van der Waals surface area (Å²) in [6.07, 6.45) is 2.96. The van der Waals surface area contributed by atoms with Crippen molar-refractivity contribution in [3.05, 3.63) is 23.7 Å². The Balaban J connectivity index is 1.94. The van der Waals surface area contributed by atoms with E-state index in [1.165, 1.54) is 5.56 Å². The molecule has 2 atom stereocenters. The monoisotopic (exact) mass is 280 g/mol. The molecular formula is C16H28N2O2. The molecule has 4 heteroatoms. The number of nitrogens with two attached hydrogens (primary N) is 1. The standard InChI is InChI=1S/C16H28N2O2/c1-6-19-14-9-16(17,15(14,3)4)11-18(5)10-13-7-8-20-12(13)2/h7-8,14H,6,9-11,17H2,1-5H3. The first-order valence-electron chi connectivity index (χ1n) is 7.42. The lowest BCUT2D eigenvalue weighted by Crippen LogP contribution is -2.73. The molecule has 0 aromatic carbocycles. The molecule has 0 saturated heterocycles. The van der Waals surface area contributed by atoms with Crippen LogP contribution in [0, 0.1) is 12.3 Å². The van der Waals surface area contributed by atoms with Crippen molar-refractivity contribution in [2.75, 3.05) is 20.2 Å². The van der Waals surface area contributed by atoms with Gasteiger partial charge in [-0.25, -0.2) is 0 Å². The van der Waals surface area contributed by atoms with E-state index in [2.05, 4.69) is 25.8 Å². The number of likely N-dealkylation sites (N-methyl/N-ethyl adjacent to an activating group) is 1. The molecule has 1 saturated carbocycles. The van der Waals surface area contributed by atoms with Gasteiger partial charge in [-0.3, -0.25) is 0 Å². The minimum atomic E-state index is -0.181. The summed E-state index contributed by atoms with van der Waals surface area (Å²) in [6.45, 7) is 11.0. The van der Waals surface area contributed by atoms with E-state index in [0.717, 1.165) is 31.9 Å². The van der Waals surface area contributed by atoms with Crippen LogP contribution in [0.5, 0.6) is 0 Å². The third-order valence-corrected chi connectivity index (χ3v) is 4.96. The Kier molecular flexibility index (Phi) is 4.28. The number of hydrogen-bond donors (Lipinski definition) is 1. The second-order valence-electron chi connectivity index (χ2n) is 6.70. The Hall–Kier alpha value is -0.840. The van der Waals surface area contributed by atoms with Gasteiger partial charge in [0.15, 0.2) is 0 Å². The Morgan fingerprint density at radius 1 is 1.50 bits per heavy atom. The molecule has 4 nitrogen and oxygen atoms in total. The second kappa shape index (κ2) is 5.51. The molecule has 2 N–H and O–H groups in total. The minimum absolute atomic E-state index is 0.0166. The van der Waals surface area contributed by atoms with Crippen molar-refractivity contribution >= 4 is 0 Å². The summed E-state index contributed by atoms with van der Waals surface area (Å²) >= 11 is 0. The van der Waals surface area contributed by atoms with Crippen LogP contribution in [0.4, 0.5) is 0 Å². The average Bonchev–Trinajstić information content (AvgIpc) is 2.74. The van der Waals surface area contributed by atoms with Gasteiger partial charge in [-0.05, 0) is 33.4 Å². The lowest BCUT2D eigenvalue weighted by Gasteiger charge is -2.60. The molecule has 0 bridgehead atoms.